The maximum atomic E-state index is 12.9. The van der Waals surface area contributed by atoms with Gasteiger partial charge in [-0.15, -0.1) is 0 Å². The first-order valence-corrected chi connectivity index (χ1v) is 9.17. The van der Waals surface area contributed by atoms with Crippen molar-refractivity contribution in [1.82, 2.24) is 9.88 Å². The molecule has 2 aliphatic rings. The summed E-state index contributed by atoms with van der Waals surface area (Å²) in [5.74, 6) is -0.855. The lowest BCUT2D eigenvalue weighted by atomic mass is 9.80. The van der Waals surface area contributed by atoms with Gasteiger partial charge in [-0.3, -0.25) is 9.69 Å². The number of rotatable bonds is 1. The van der Waals surface area contributed by atoms with E-state index in [2.05, 4.69) is 4.98 Å². The van der Waals surface area contributed by atoms with Gasteiger partial charge < -0.3 is 14.5 Å². The smallest absolute Gasteiger partial charge is 0.410 e. The fourth-order valence-electron chi connectivity index (χ4n) is 4.06. The van der Waals surface area contributed by atoms with Crippen LogP contribution in [-0.4, -0.2) is 47.2 Å². The van der Waals surface area contributed by atoms with Crippen molar-refractivity contribution in [3.8, 4) is 0 Å². The fourth-order valence-corrected chi connectivity index (χ4v) is 4.06. The zero-order valence-electron chi connectivity index (χ0n) is 16.0. The van der Waals surface area contributed by atoms with Gasteiger partial charge >= 0.3 is 12.1 Å². The van der Waals surface area contributed by atoms with Crippen molar-refractivity contribution < 1.29 is 19.1 Å². The van der Waals surface area contributed by atoms with Crippen molar-refractivity contribution in [2.24, 2.45) is 5.92 Å². The number of hydrogen-bond acceptors (Lipinski definition) is 4. The number of carbonyl (C=O) groups excluding carboxylic acids is 2. The quantitative estimate of drug-likeness (QED) is 0.782. The molecule has 2 aromatic rings. The van der Waals surface area contributed by atoms with E-state index in [1.165, 1.54) is 12.7 Å². The highest BCUT2D eigenvalue weighted by Crippen LogP contribution is 2.41. The number of benzene rings is 1. The van der Waals surface area contributed by atoms with E-state index < -0.39 is 17.6 Å². The number of hydrogen-bond donors (Lipinski definition) is 1. The Morgan fingerprint density at radius 3 is 2.74 bits per heavy atom. The lowest BCUT2D eigenvalue weighted by Gasteiger charge is -2.41. The maximum Gasteiger partial charge on any atom is 0.410 e. The first-order chi connectivity index (χ1) is 12.8. The molecule has 2 heterocycles. The molecule has 1 amide bonds. The molecule has 1 unspecified atom stereocenters. The minimum absolute atomic E-state index is 0.158. The Balaban J connectivity index is 1.81. The first kappa shape index (κ1) is 17.6. The number of methoxy groups -OCH3 is 1. The Labute approximate surface area is 158 Å². The molecule has 6 heteroatoms. The Kier molecular flexibility index (Phi) is 4.02. The zero-order chi connectivity index (χ0) is 19.3. The molecule has 27 heavy (non-hydrogen) atoms. The number of nitrogens with zero attached hydrogens (tertiary/aromatic N) is 1. The molecule has 4 rings (SSSR count). The van der Waals surface area contributed by atoms with E-state index in [0.29, 0.717) is 6.42 Å². The molecule has 0 fully saturated rings. The van der Waals surface area contributed by atoms with Crippen LogP contribution in [-0.2, 0) is 20.7 Å². The number of carbonyl (C=O) groups is 2. The number of aromatic nitrogens is 1. The van der Waals surface area contributed by atoms with Crippen LogP contribution in [0.15, 0.2) is 30.5 Å². The van der Waals surface area contributed by atoms with Gasteiger partial charge in [-0.2, -0.15) is 0 Å². The van der Waals surface area contributed by atoms with E-state index >= 15 is 0 Å². The molecule has 0 radical (unpaired) electrons. The van der Waals surface area contributed by atoms with E-state index in [9.17, 15) is 9.59 Å². The second-order valence-electron chi connectivity index (χ2n) is 8.15. The van der Waals surface area contributed by atoms with Gasteiger partial charge in [-0.25, -0.2) is 4.79 Å². The summed E-state index contributed by atoms with van der Waals surface area (Å²) in [5.41, 5.74) is 3.67. The molecule has 1 aliphatic carbocycles. The van der Waals surface area contributed by atoms with E-state index in [1.54, 1.807) is 4.90 Å². The van der Waals surface area contributed by atoms with Crippen molar-refractivity contribution in [3.63, 3.8) is 0 Å². The van der Waals surface area contributed by atoms with E-state index in [4.69, 9.17) is 9.47 Å². The second kappa shape index (κ2) is 6.15. The number of H-pyrrole nitrogens is 1. The first-order valence-electron chi connectivity index (χ1n) is 9.17. The standard InChI is InChI=1S/C21H24N2O4/c1-21(2,3)27-20(25)23-11-13(19(24)26-4)8-15-14-6-5-7-16-18(14)12(10-22-16)9-17(15)23/h5-8,10,13,17,22H,9,11H2,1-4H3/t13?,17-/m1/s1. The van der Waals surface area contributed by atoms with Gasteiger partial charge in [0.05, 0.1) is 19.1 Å². The van der Waals surface area contributed by atoms with Crippen LogP contribution in [0.2, 0.25) is 0 Å². The normalized spacial score (nSPS) is 21.5. The summed E-state index contributed by atoms with van der Waals surface area (Å²) in [5, 5.41) is 1.16. The third kappa shape index (κ3) is 2.99. The van der Waals surface area contributed by atoms with E-state index in [-0.39, 0.29) is 18.6 Å². The lowest BCUT2D eigenvalue weighted by Crippen LogP contribution is -2.51. The maximum absolute atomic E-state index is 12.9. The average Bonchev–Trinajstić information content (AvgIpc) is 3.03. The molecule has 2 atom stereocenters. The summed E-state index contributed by atoms with van der Waals surface area (Å²) in [6.45, 7) is 5.78. The summed E-state index contributed by atoms with van der Waals surface area (Å²) >= 11 is 0. The SMILES string of the molecule is COC(=O)C1C=C2c3cccc4[nH]cc(c34)C[C@H]2N(C(=O)OC(C)(C)C)C1. The number of esters is 1. The molecule has 142 valence electrons. The van der Waals surface area contributed by atoms with Gasteiger partial charge in [0.15, 0.2) is 0 Å². The summed E-state index contributed by atoms with van der Waals surface area (Å²) in [6.07, 6.45) is 4.25. The van der Waals surface area contributed by atoms with Crippen LogP contribution >= 0.6 is 0 Å². The molecule has 0 saturated heterocycles. The fraction of sp³-hybridized carbons (Fsp3) is 0.429. The monoisotopic (exact) mass is 368 g/mol. The average molecular weight is 368 g/mol. The minimum atomic E-state index is -0.604. The van der Waals surface area contributed by atoms with Gasteiger partial charge in [-0.05, 0) is 50.0 Å². The molecular weight excluding hydrogens is 344 g/mol. The van der Waals surface area contributed by atoms with Gasteiger partial charge in [0.1, 0.15) is 5.60 Å². The molecule has 1 aromatic carbocycles. The zero-order valence-corrected chi connectivity index (χ0v) is 16.0. The van der Waals surface area contributed by atoms with Crippen LogP contribution in [0.4, 0.5) is 4.79 Å². The van der Waals surface area contributed by atoms with Crippen molar-refractivity contribution in [1.29, 1.82) is 0 Å². The third-order valence-corrected chi connectivity index (χ3v) is 5.15. The van der Waals surface area contributed by atoms with Gasteiger partial charge in [0.2, 0.25) is 0 Å². The largest absolute Gasteiger partial charge is 0.469 e. The third-order valence-electron chi connectivity index (χ3n) is 5.15. The van der Waals surface area contributed by atoms with E-state index in [0.717, 1.165) is 22.0 Å². The van der Waals surface area contributed by atoms with Crippen LogP contribution in [0.3, 0.4) is 0 Å². The predicted octanol–water partition coefficient (Wildman–Crippen LogP) is 3.52. The highest BCUT2D eigenvalue weighted by atomic mass is 16.6. The van der Waals surface area contributed by atoms with Crippen LogP contribution in [0.1, 0.15) is 31.9 Å². The van der Waals surface area contributed by atoms with Crippen molar-refractivity contribution in [3.05, 3.63) is 41.6 Å². The minimum Gasteiger partial charge on any atom is -0.469 e. The molecular formula is C21H24N2O4. The van der Waals surface area contributed by atoms with Gasteiger partial charge in [0, 0.05) is 23.6 Å². The number of aromatic amines is 1. The highest BCUT2D eigenvalue weighted by Gasteiger charge is 2.41. The Hall–Kier alpha value is -2.76. The van der Waals surface area contributed by atoms with Gasteiger partial charge in [0.25, 0.3) is 0 Å². The number of amides is 1. The van der Waals surface area contributed by atoms with Crippen LogP contribution in [0.25, 0.3) is 16.5 Å². The topological polar surface area (TPSA) is 71.6 Å². The summed E-state index contributed by atoms with van der Waals surface area (Å²) in [6, 6.07) is 5.91. The molecule has 6 nitrogen and oxygen atoms in total. The van der Waals surface area contributed by atoms with Crippen molar-refractivity contribution in [2.45, 2.75) is 38.8 Å². The molecule has 1 aliphatic heterocycles. The lowest BCUT2D eigenvalue weighted by molar-refractivity contribution is -0.144. The molecule has 0 bridgehead atoms. The molecule has 0 saturated carbocycles. The molecule has 0 spiro atoms. The van der Waals surface area contributed by atoms with Crippen LogP contribution in [0.5, 0.6) is 0 Å². The van der Waals surface area contributed by atoms with Crippen LogP contribution < -0.4 is 0 Å². The molecule has 1 aromatic heterocycles. The summed E-state index contributed by atoms with van der Waals surface area (Å²) in [7, 11) is 1.37. The molecule has 1 N–H and O–H groups in total. The second-order valence-corrected chi connectivity index (χ2v) is 8.15. The number of nitrogens with one attached hydrogen (secondary N) is 1. The predicted molar refractivity (Wildman–Crippen MR) is 102 cm³/mol. The number of fused-ring (bicyclic) bond motifs is 2. The number of ether oxygens (including phenoxy) is 2. The Morgan fingerprint density at radius 1 is 1.26 bits per heavy atom. The summed E-state index contributed by atoms with van der Waals surface area (Å²) < 4.78 is 10.6. The summed E-state index contributed by atoms with van der Waals surface area (Å²) in [4.78, 5) is 30.2. The van der Waals surface area contributed by atoms with Crippen molar-refractivity contribution >= 4 is 28.5 Å². The van der Waals surface area contributed by atoms with Crippen molar-refractivity contribution in [2.75, 3.05) is 13.7 Å². The van der Waals surface area contributed by atoms with Crippen LogP contribution in [0, 0.1) is 5.92 Å². The Bertz CT molecular complexity index is 951. The van der Waals surface area contributed by atoms with Gasteiger partial charge in [-0.1, -0.05) is 18.2 Å². The Morgan fingerprint density at radius 2 is 2.04 bits per heavy atom. The highest BCUT2D eigenvalue weighted by molar-refractivity contribution is 6.00. The van der Waals surface area contributed by atoms with E-state index in [1.807, 2.05) is 51.2 Å².